The van der Waals surface area contributed by atoms with Crippen molar-refractivity contribution in [1.29, 1.82) is 0 Å². The lowest BCUT2D eigenvalue weighted by Crippen LogP contribution is -2.30. The molecule has 0 saturated carbocycles. The summed E-state index contributed by atoms with van der Waals surface area (Å²) in [6.45, 7) is 2.33. The highest BCUT2D eigenvalue weighted by Crippen LogP contribution is 2.42. The quantitative estimate of drug-likeness (QED) is 0.212. The monoisotopic (exact) mass is 609 g/mol. The normalized spacial score (nSPS) is 13.1. The highest BCUT2D eigenvalue weighted by molar-refractivity contribution is 7.89. The first-order valence-electron chi connectivity index (χ1n) is 13.0. The summed E-state index contributed by atoms with van der Waals surface area (Å²) in [6, 6.07) is 21.9. The van der Waals surface area contributed by atoms with Crippen LogP contribution in [0.2, 0.25) is 10.0 Å². The molecule has 1 aromatic heterocycles. The maximum atomic E-state index is 12.6. The first-order valence-corrected chi connectivity index (χ1v) is 15.2. The van der Waals surface area contributed by atoms with Crippen molar-refractivity contribution in [2.24, 2.45) is 4.99 Å². The van der Waals surface area contributed by atoms with Gasteiger partial charge < -0.3 is 15.4 Å². The fourth-order valence-corrected chi connectivity index (χ4v) is 6.31. The van der Waals surface area contributed by atoms with Crippen molar-refractivity contribution >= 4 is 39.1 Å². The standard InChI is InChI=1S/C30H29Cl2N5O3S/c1-33-15-18-36-41(38,39)20-11-9-19(10-12-20)21-5-3-6-22(27(21)31)23-7-4-8-24(28(23)32)26-14-13-25(30(37-26)40-2)29-34-16-17-35-29/h3-14,33,36H,15-18H2,1-2H3,(H,34,35). The summed E-state index contributed by atoms with van der Waals surface area (Å²) in [6.07, 6.45) is 0. The van der Waals surface area contributed by atoms with Crippen LogP contribution in [0.4, 0.5) is 0 Å². The number of aromatic nitrogens is 1. The fourth-order valence-electron chi connectivity index (χ4n) is 4.61. The summed E-state index contributed by atoms with van der Waals surface area (Å²) < 4.78 is 33.3. The lowest BCUT2D eigenvalue weighted by atomic mass is 9.96. The van der Waals surface area contributed by atoms with Crippen molar-refractivity contribution in [3.8, 4) is 39.4 Å². The number of benzene rings is 3. The van der Waals surface area contributed by atoms with Gasteiger partial charge in [0.25, 0.3) is 0 Å². The molecule has 0 aliphatic carbocycles. The SMILES string of the molecule is CNCCNS(=O)(=O)c1ccc(-c2cccc(-c3cccc(-c4ccc(C5=NCCN5)c(OC)n4)c3Cl)c2Cl)cc1. The minimum absolute atomic E-state index is 0.185. The van der Waals surface area contributed by atoms with E-state index in [9.17, 15) is 8.42 Å². The molecule has 41 heavy (non-hydrogen) atoms. The number of hydrogen-bond acceptors (Lipinski definition) is 7. The van der Waals surface area contributed by atoms with Crippen LogP contribution >= 0.6 is 23.2 Å². The van der Waals surface area contributed by atoms with Gasteiger partial charge >= 0.3 is 0 Å². The zero-order chi connectivity index (χ0) is 29.0. The maximum Gasteiger partial charge on any atom is 0.240 e. The van der Waals surface area contributed by atoms with E-state index in [-0.39, 0.29) is 4.90 Å². The molecular formula is C30H29Cl2N5O3S. The van der Waals surface area contributed by atoms with E-state index in [0.717, 1.165) is 45.8 Å². The number of methoxy groups -OCH3 is 1. The van der Waals surface area contributed by atoms with Gasteiger partial charge in [0.05, 0.1) is 39.9 Å². The van der Waals surface area contributed by atoms with Crippen molar-refractivity contribution < 1.29 is 13.2 Å². The van der Waals surface area contributed by atoms with Gasteiger partial charge in [-0.15, -0.1) is 0 Å². The maximum absolute atomic E-state index is 12.6. The summed E-state index contributed by atoms with van der Waals surface area (Å²) in [5, 5.41) is 7.16. The molecule has 0 radical (unpaired) electrons. The Kier molecular flexibility index (Phi) is 8.91. The number of sulfonamides is 1. The summed E-state index contributed by atoms with van der Waals surface area (Å²) in [7, 11) is -0.263. The second-order valence-electron chi connectivity index (χ2n) is 9.27. The first kappa shape index (κ1) is 29.0. The molecule has 1 aliphatic heterocycles. The number of pyridine rings is 1. The number of likely N-dealkylation sites (N-methyl/N-ethyl adjacent to an activating group) is 1. The van der Waals surface area contributed by atoms with Gasteiger partial charge in [0.1, 0.15) is 5.84 Å². The molecule has 3 N–H and O–H groups in total. The smallest absolute Gasteiger partial charge is 0.240 e. The zero-order valence-electron chi connectivity index (χ0n) is 22.5. The van der Waals surface area contributed by atoms with Gasteiger partial charge in [-0.3, -0.25) is 4.99 Å². The topological polar surface area (TPSA) is 105 Å². The second kappa shape index (κ2) is 12.6. The Morgan fingerprint density at radius 2 is 1.51 bits per heavy atom. The third-order valence-electron chi connectivity index (χ3n) is 6.69. The van der Waals surface area contributed by atoms with E-state index in [2.05, 4.69) is 20.3 Å². The van der Waals surface area contributed by atoms with E-state index in [1.807, 2.05) is 48.5 Å². The minimum Gasteiger partial charge on any atom is -0.480 e. The molecule has 0 saturated heterocycles. The van der Waals surface area contributed by atoms with Crippen LogP contribution in [0.3, 0.4) is 0 Å². The highest BCUT2D eigenvalue weighted by atomic mass is 35.5. The number of nitrogens with zero attached hydrogens (tertiary/aromatic N) is 2. The summed E-state index contributed by atoms with van der Waals surface area (Å²) in [5.41, 5.74) is 5.21. The summed E-state index contributed by atoms with van der Waals surface area (Å²) in [4.78, 5) is 9.38. The Morgan fingerprint density at radius 3 is 2.15 bits per heavy atom. The third kappa shape index (κ3) is 6.10. The minimum atomic E-state index is -3.61. The molecule has 0 amide bonds. The van der Waals surface area contributed by atoms with Gasteiger partial charge in [-0.2, -0.15) is 0 Å². The van der Waals surface area contributed by atoms with Crippen LogP contribution in [0.5, 0.6) is 5.88 Å². The average Bonchev–Trinajstić information content (AvgIpc) is 3.52. The largest absolute Gasteiger partial charge is 0.480 e. The summed E-state index contributed by atoms with van der Waals surface area (Å²) >= 11 is 13.9. The number of rotatable bonds is 10. The molecule has 5 rings (SSSR count). The van der Waals surface area contributed by atoms with Gasteiger partial charge in [0.2, 0.25) is 15.9 Å². The van der Waals surface area contributed by atoms with Crippen LogP contribution in [0.1, 0.15) is 5.56 Å². The van der Waals surface area contributed by atoms with E-state index in [4.69, 9.17) is 32.9 Å². The van der Waals surface area contributed by atoms with Crippen molar-refractivity contribution in [2.45, 2.75) is 4.90 Å². The van der Waals surface area contributed by atoms with Crippen molar-refractivity contribution in [3.05, 3.63) is 88.4 Å². The van der Waals surface area contributed by atoms with Gasteiger partial charge in [0, 0.05) is 41.9 Å². The van der Waals surface area contributed by atoms with Gasteiger partial charge in [-0.05, 0) is 36.9 Å². The predicted octanol–water partition coefficient (Wildman–Crippen LogP) is 5.25. The molecule has 8 nitrogen and oxygen atoms in total. The third-order valence-corrected chi connectivity index (χ3v) is 8.98. The molecule has 0 fully saturated rings. The average molecular weight is 611 g/mol. The Hall–Kier alpha value is -3.47. The lowest BCUT2D eigenvalue weighted by molar-refractivity contribution is 0.397. The van der Waals surface area contributed by atoms with Crippen molar-refractivity contribution in [3.63, 3.8) is 0 Å². The second-order valence-corrected chi connectivity index (χ2v) is 11.8. The van der Waals surface area contributed by atoms with Crippen molar-refractivity contribution in [2.75, 3.05) is 40.3 Å². The van der Waals surface area contributed by atoms with E-state index in [0.29, 0.717) is 41.3 Å². The molecule has 2 heterocycles. The zero-order valence-corrected chi connectivity index (χ0v) is 24.9. The molecule has 11 heteroatoms. The van der Waals surface area contributed by atoms with Gasteiger partial charge in [-0.25, -0.2) is 18.1 Å². The lowest BCUT2D eigenvalue weighted by Gasteiger charge is -2.15. The molecule has 0 bridgehead atoms. The molecule has 0 atom stereocenters. The fraction of sp³-hybridized carbons (Fsp3) is 0.200. The molecular weight excluding hydrogens is 581 g/mol. The highest BCUT2D eigenvalue weighted by Gasteiger charge is 2.20. The van der Waals surface area contributed by atoms with Crippen LogP contribution in [0, 0.1) is 0 Å². The Labute approximate surface area is 249 Å². The molecule has 4 aromatic rings. The number of amidine groups is 1. The molecule has 212 valence electrons. The number of aliphatic imine (C=N–C) groups is 1. The molecule has 0 spiro atoms. The Bertz CT molecular complexity index is 1710. The Balaban J connectivity index is 1.48. The van der Waals surface area contributed by atoms with Crippen molar-refractivity contribution in [1.82, 2.24) is 20.3 Å². The van der Waals surface area contributed by atoms with E-state index in [1.54, 1.807) is 38.4 Å². The van der Waals surface area contributed by atoms with Crippen LogP contribution in [0.15, 0.2) is 82.7 Å². The number of ether oxygens (including phenoxy) is 1. The number of nitrogens with one attached hydrogen (secondary N) is 3. The molecule has 1 aliphatic rings. The predicted molar refractivity (Wildman–Crippen MR) is 166 cm³/mol. The Morgan fingerprint density at radius 1 is 0.854 bits per heavy atom. The van der Waals surface area contributed by atoms with Crippen LogP contribution < -0.4 is 20.1 Å². The number of hydrogen-bond donors (Lipinski definition) is 3. The van der Waals surface area contributed by atoms with Crippen LogP contribution in [0.25, 0.3) is 33.5 Å². The van der Waals surface area contributed by atoms with E-state index >= 15 is 0 Å². The number of halogens is 2. The molecule has 3 aromatic carbocycles. The van der Waals surface area contributed by atoms with Gasteiger partial charge in [0.15, 0.2) is 0 Å². The van der Waals surface area contributed by atoms with Crippen LogP contribution in [-0.4, -0.2) is 59.6 Å². The molecule has 0 unspecified atom stereocenters. The first-order chi connectivity index (χ1) is 19.8. The van der Waals surface area contributed by atoms with E-state index < -0.39 is 10.0 Å². The van der Waals surface area contributed by atoms with E-state index in [1.165, 1.54) is 0 Å². The summed E-state index contributed by atoms with van der Waals surface area (Å²) in [5.74, 6) is 1.22. The van der Waals surface area contributed by atoms with Gasteiger partial charge in [-0.1, -0.05) is 71.7 Å². The van der Waals surface area contributed by atoms with Crippen LogP contribution in [-0.2, 0) is 10.0 Å².